The fourth-order valence-electron chi connectivity index (χ4n) is 3.87. The second-order valence-electron chi connectivity index (χ2n) is 6.85. The van der Waals surface area contributed by atoms with Gasteiger partial charge in [0, 0.05) is 42.2 Å². The molecule has 26 heavy (non-hydrogen) atoms. The number of amides is 1. The molecule has 4 heterocycles. The number of nitrogens with zero attached hydrogens (tertiary/aromatic N) is 4. The van der Waals surface area contributed by atoms with Crippen LogP contribution >= 0.6 is 11.6 Å². The van der Waals surface area contributed by atoms with Crippen molar-refractivity contribution in [2.45, 2.75) is 18.9 Å². The number of aromatic nitrogens is 4. The molecule has 3 aromatic heterocycles. The number of piperidine rings is 1. The minimum atomic E-state index is -0.0101. The van der Waals surface area contributed by atoms with E-state index in [9.17, 15) is 4.79 Å². The smallest absolute Gasteiger partial charge is 0.232 e. The van der Waals surface area contributed by atoms with Crippen LogP contribution in [0, 0.1) is 11.8 Å². The van der Waals surface area contributed by atoms with Gasteiger partial charge < -0.3 is 0 Å². The zero-order chi connectivity index (χ0) is 17.7. The van der Waals surface area contributed by atoms with Gasteiger partial charge in [-0.1, -0.05) is 17.7 Å². The average Bonchev–Trinajstić information content (AvgIpc) is 3.18. The monoisotopic (exact) mass is 365 g/mol. The molecule has 1 saturated heterocycles. The summed E-state index contributed by atoms with van der Waals surface area (Å²) in [5, 5.41) is 7.89. The highest BCUT2D eigenvalue weighted by molar-refractivity contribution is 6.29. The van der Waals surface area contributed by atoms with Crippen LogP contribution in [-0.4, -0.2) is 32.1 Å². The molecule has 3 aromatic rings. The van der Waals surface area contributed by atoms with Gasteiger partial charge in [-0.05, 0) is 42.5 Å². The molecule has 0 unspecified atom stereocenters. The molecule has 2 aliphatic rings. The zero-order valence-corrected chi connectivity index (χ0v) is 14.6. The van der Waals surface area contributed by atoms with E-state index in [0.29, 0.717) is 23.3 Å². The summed E-state index contributed by atoms with van der Waals surface area (Å²) in [7, 11) is 0. The first-order valence-electron chi connectivity index (χ1n) is 8.60. The number of fused-ring (bicyclic) bond motifs is 1. The highest BCUT2D eigenvalue weighted by Gasteiger charge is 2.59. The van der Waals surface area contributed by atoms with Gasteiger partial charge in [0.15, 0.2) is 5.82 Å². The molecule has 0 aromatic carbocycles. The molecule has 5 rings (SSSR count). The van der Waals surface area contributed by atoms with Crippen LogP contribution in [0.1, 0.15) is 12.0 Å². The summed E-state index contributed by atoms with van der Waals surface area (Å²) in [5.41, 5.74) is 2.93. The van der Waals surface area contributed by atoms with E-state index in [0.717, 1.165) is 23.2 Å². The minimum Gasteiger partial charge on any atom is -0.292 e. The summed E-state index contributed by atoms with van der Waals surface area (Å²) >= 11 is 5.85. The number of carbonyl (C=O) groups is 1. The number of hydrogen-bond donors (Lipinski definition) is 1. The van der Waals surface area contributed by atoms with Crippen LogP contribution < -0.4 is 4.90 Å². The van der Waals surface area contributed by atoms with Crippen LogP contribution in [0.15, 0.2) is 48.9 Å². The number of carbonyl (C=O) groups excluding carboxylic acids is 1. The van der Waals surface area contributed by atoms with Gasteiger partial charge in [0.25, 0.3) is 0 Å². The van der Waals surface area contributed by atoms with Crippen LogP contribution in [0.4, 0.5) is 5.82 Å². The fourth-order valence-corrected chi connectivity index (χ4v) is 3.98. The van der Waals surface area contributed by atoms with Crippen molar-refractivity contribution in [1.29, 1.82) is 0 Å². The van der Waals surface area contributed by atoms with Crippen LogP contribution in [-0.2, 0) is 11.2 Å². The van der Waals surface area contributed by atoms with E-state index in [1.807, 2.05) is 29.2 Å². The molecular weight excluding hydrogens is 350 g/mol. The average molecular weight is 366 g/mol. The Morgan fingerprint density at radius 3 is 2.85 bits per heavy atom. The number of H-pyrrole nitrogens is 1. The Kier molecular flexibility index (Phi) is 3.53. The van der Waals surface area contributed by atoms with Gasteiger partial charge in [0.1, 0.15) is 5.15 Å². The van der Waals surface area contributed by atoms with E-state index in [1.54, 1.807) is 24.7 Å². The lowest BCUT2D eigenvalue weighted by Crippen LogP contribution is -2.32. The molecule has 2 fully saturated rings. The molecule has 7 heteroatoms. The van der Waals surface area contributed by atoms with E-state index in [2.05, 4.69) is 20.2 Å². The van der Waals surface area contributed by atoms with Crippen molar-refractivity contribution in [3.63, 3.8) is 0 Å². The first-order valence-corrected chi connectivity index (χ1v) is 8.98. The lowest BCUT2D eigenvalue weighted by molar-refractivity contribution is -0.121. The van der Waals surface area contributed by atoms with Gasteiger partial charge in [-0.15, -0.1) is 0 Å². The third kappa shape index (κ3) is 2.57. The van der Waals surface area contributed by atoms with Gasteiger partial charge in [-0.2, -0.15) is 5.10 Å². The topological polar surface area (TPSA) is 74.8 Å². The molecule has 1 aliphatic heterocycles. The summed E-state index contributed by atoms with van der Waals surface area (Å²) in [4.78, 5) is 23.0. The van der Waals surface area contributed by atoms with Gasteiger partial charge >= 0.3 is 0 Å². The summed E-state index contributed by atoms with van der Waals surface area (Å²) in [6.45, 7) is 0. The summed E-state index contributed by atoms with van der Waals surface area (Å²) in [6, 6.07) is 9.75. The van der Waals surface area contributed by atoms with Crippen molar-refractivity contribution < 1.29 is 4.79 Å². The molecule has 1 aliphatic carbocycles. The largest absolute Gasteiger partial charge is 0.292 e. The van der Waals surface area contributed by atoms with Gasteiger partial charge in [0.05, 0.1) is 5.69 Å². The normalized spacial score (nSPS) is 24.0. The van der Waals surface area contributed by atoms with Crippen LogP contribution in [0.5, 0.6) is 0 Å². The van der Waals surface area contributed by atoms with Crippen molar-refractivity contribution >= 4 is 23.3 Å². The van der Waals surface area contributed by atoms with Crippen LogP contribution in [0.25, 0.3) is 11.3 Å². The summed E-state index contributed by atoms with van der Waals surface area (Å²) in [6.07, 6.45) is 6.97. The predicted octanol–water partition coefficient (Wildman–Crippen LogP) is 3.11. The van der Waals surface area contributed by atoms with Gasteiger partial charge in [-0.3, -0.25) is 19.8 Å². The maximum Gasteiger partial charge on any atom is 0.232 e. The molecule has 1 amide bonds. The standard InChI is InChI=1S/C19H16ClN5O/c20-17-2-1-11(10-22-17)7-14-13-8-16(13)25(19(14)26)18-9-15(23-24-18)12-3-5-21-6-4-12/h1-6,9-10,13-14,16H,7-8H2,(H,23,24)/t13-,14+,16-/m0/s1. The lowest BCUT2D eigenvalue weighted by atomic mass is 9.96. The van der Waals surface area contributed by atoms with Crippen molar-refractivity contribution in [2.24, 2.45) is 11.8 Å². The zero-order valence-electron chi connectivity index (χ0n) is 13.8. The Balaban J connectivity index is 1.37. The molecular formula is C19H16ClN5O. The highest BCUT2D eigenvalue weighted by Crippen LogP contribution is 2.51. The van der Waals surface area contributed by atoms with E-state index < -0.39 is 0 Å². The molecule has 6 nitrogen and oxygen atoms in total. The third-order valence-electron chi connectivity index (χ3n) is 5.25. The van der Waals surface area contributed by atoms with Crippen molar-refractivity contribution in [3.05, 3.63) is 59.6 Å². The Labute approximate surface area is 155 Å². The number of nitrogens with one attached hydrogen (secondary N) is 1. The number of pyridine rings is 2. The minimum absolute atomic E-state index is 0.0101. The number of hydrogen-bond acceptors (Lipinski definition) is 4. The number of rotatable bonds is 4. The number of aromatic amines is 1. The second kappa shape index (κ2) is 5.92. The van der Waals surface area contributed by atoms with Crippen molar-refractivity contribution in [3.8, 4) is 11.3 Å². The van der Waals surface area contributed by atoms with E-state index in [1.165, 1.54) is 0 Å². The molecule has 1 saturated carbocycles. The van der Waals surface area contributed by atoms with Crippen molar-refractivity contribution in [2.75, 3.05) is 4.90 Å². The van der Waals surface area contributed by atoms with Gasteiger partial charge in [0.2, 0.25) is 5.91 Å². The molecule has 0 spiro atoms. The SMILES string of the molecule is O=C1[C@H](Cc2ccc(Cl)nc2)[C@@H]2C[C@@H]2N1c1cc(-c2ccncc2)[nH]n1. The van der Waals surface area contributed by atoms with E-state index >= 15 is 0 Å². The summed E-state index contributed by atoms with van der Waals surface area (Å²) in [5.74, 6) is 1.24. The maximum atomic E-state index is 13.0. The Morgan fingerprint density at radius 2 is 2.08 bits per heavy atom. The molecule has 3 atom stereocenters. The highest BCUT2D eigenvalue weighted by atomic mass is 35.5. The summed E-state index contributed by atoms with van der Waals surface area (Å²) < 4.78 is 0. The quantitative estimate of drug-likeness (QED) is 0.721. The maximum absolute atomic E-state index is 13.0. The third-order valence-corrected chi connectivity index (χ3v) is 5.48. The fraction of sp³-hybridized carbons (Fsp3) is 0.263. The van der Waals surface area contributed by atoms with Gasteiger partial charge in [-0.25, -0.2) is 4.98 Å². The lowest BCUT2D eigenvalue weighted by Gasteiger charge is -2.18. The van der Waals surface area contributed by atoms with E-state index in [4.69, 9.17) is 11.6 Å². The first-order chi connectivity index (χ1) is 12.7. The Bertz CT molecular complexity index is 956. The first kappa shape index (κ1) is 15.5. The predicted molar refractivity (Wildman–Crippen MR) is 97.6 cm³/mol. The number of anilines is 1. The molecule has 0 radical (unpaired) electrons. The Hall–Kier alpha value is -2.73. The Morgan fingerprint density at radius 1 is 1.23 bits per heavy atom. The molecule has 1 N–H and O–H groups in total. The van der Waals surface area contributed by atoms with Crippen LogP contribution in [0.2, 0.25) is 5.15 Å². The van der Waals surface area contributed by atoms with Crippen LogP contribution in [0.3, 0.4) is 0 Å². The van der Waals surface area contributed by atoms with E-state index in [-0.39, 0.29) is 17.9 Å². The molecule has 0 bridgehead atoms. The number of halogens is 1. The molecule has 130 valence electrons. The van der Waals surface area contributed by atoms with Crippen molar-refractivity contribution in [1.82, 2.24) is 20.2 Å². The second-order valence-corrected chi connectivity index (χ2v) is 7.24.